The van der Waals surface area contributed by atoms with E-state index in [1.807, 2.05) is 22.9 Å². The van der Waals surface area contributed by atoms with Crippen molar-refractivity contribution in [3.8, 4) is 0 Å². The van der Waals surface area contributed by atoms with Gasteiger partial charge in [-0.05, 0) is 10.8 Å². The summed E-state index contributed by atoms with van der Waals surface area (Å²) in [7, 11) is -1.10. The van der Waals surface area contributed by atoms with E-state index in [-0.39, 0.29) is 0 Å². The summed E-state index contributed by atoms with van der Waals surface area (Å²) in [6, 6.07) is 0. The molecule has 0 fully saturated rings. The molecule has 0 radical (unpaired) electrons. The van der Waals surface area contributed by atoms with Crippen LogP contribution >= 0.6 is 33.6 Å². The second-order valence-electron chi connectivity index (χ2n) is 1.11. The Balaban J connectivity index is 4.03. The Hall–Kier alpha value is 0.210. The van der Waals surface area contributed by atoms with Crippen LogP contribution in [0.5, 0.6) is 0 Å². The zero-order valence-corrected chi connectivity index (χ0v) is 7.52. The molecule has 0 spiro atoms. The van der Waals surface area contributed by atoms with Gasteiger partial charge in [0, 0.05) is 11.7 Å². The number of nitrogens with one attached hydrogen (secondary N) is 1. The first-order valence-electron chi connectivity index (χ1n) is 2.01. The van der Waals surface area contributed by atoms with Gasteiger partial charge in [-0.25, -0.2) is 0 Å². The Kier molecular flexibility index (Phi) is 5.15. The third-order valence-corrected chi connectivity index (χ3v) is 1.74. The summed E-state index contributed by atoms with van der Waals surface area (Å²) in [5, 5.41) is 0.326. The minimum atomic E-state index is -1.10. The quantitative estimate of drug-likeness (QED) is 0.324. The van der Waals surface area contributed by atoms with Crippen LogP contribution in [-0.2, 0) is 0 Å². The molecule has 0 aromatic heterocycles. The van der Waals surface area contributed by atoms with Crippen molar-refractivity contribution in [2.24, 2.45) is 11.5 Å². The topological polar surface area (TPSA) is 84.3 Å². The Morgan fingerprint density at radius 2 is 2.33 bits per heavy atom. The average Bonchev–Trinajstić information content (AvgIpc) is 1.87. The maximum atomic E-state index is 8.87. The van der Waals surface area contributed by atoms with Gasteiger partial charge in [0.15, 0.2) is 0 Å². The Bertz CT molecular complexity index is 146. The molecule has 0 rings (SSSR count). The molecule has 0 heterocycles. The Morgan fingerprint density at radius 3 is 2.67 bits per heavy atom. The van der Waals surface area contributed by atoms with E-state index in [1.165, 1.54) is 6.20 Å². The fraction of sp³-hybridized carbons (Fsp3) is 0. The number of halogens is 1. The smallest absolute Gasteiger partial charge is 0.103 e. The summed E-state index contributed by atoms with van der Waals surface area (Å²) in [6.07, 6.45) is 1.48. The fourth-order valence-corrected chi connectivity index (χ4v) is 1.08. The van der Waals surface area contributed by atoms with E-state index >= 15 is 0 Å². The van der Waals surface area contributed by atoms with Crippen molar-refractivity contribution in [1.29, 1.82) is 0 Å². The molecule has 6 N–H and O–H groups in total. The van der Waals surface area contributed by atoms with Crippen LogP contribution in [0, 0.1) is 0 Å². The lowest BCUT2D eigenvalue weighted by Crippen LogP contribution is -2.01. The first kappa shape index (κ1) is 9.21. The van der Waals surface area contributed by atoms with E-state index in [9.17, 15) is 0 Å². The lowest BCUT2D eigenvalue weighted by Gasteiger charge is -1.97. The van der Waals surface area contributed by atoms with Gasteiger partial charge in [-0.15, -0.1) is 0 Å². The van der Waals surface area contributed by atoms with Gasteiger partial charge in [0.1, 0.15) is 5.03 Å². The summed E-state index contributed by atoms with van der Waals surface area (Å²) in [5.41, 5.74) is 11.4. The van der Waals surface area contributed by atoms with Crippen LogP contribution < -0.4 is 15.0 Å². The van der Waals surface area contributed by atoms with Crippen LogP contribution in [0.15, 0.2) is 11.2 Å². The van der Waals surface area contributed by atoms with E-state index in [0.29, 0.717) is 5.03 Å². The lowest BCUT2D eigenvalue weighted by molar-refractivity contribution is 0.665. The van der Waals surface area contributed by atoms with Gasteiger partial charge in [0.05, 0.1) is 22.9 Å². The standard InChI is InChI=1S/C3H8IN3OS/c4-7-1-3(6)9(8)2-5/h1-2,7-8H,5-6H2/b3-1+. The van der Waals surface area contributed by atoms with Crippen molar-refractivity contribution in [3.05, 3.63) is 11.2 Å². The fourth-order valence-electron chi connectivity index (χ4n) is 0.193. The molecule has 9 heavy (non-hydrogen) atoms. The predicted molar refractivity (Wildman–Crippen MR) is 49.9 cm³/mol. The second-order valence-corrected chi connectivity index (χ2v) is 3.10. The molecule has 6 heteroatoms. The molecule has 1 atom stereocenters. The lowest BCUT2D eigenvalue weighted by atomic mass is 11.0. The molecule has 54 valence electrons. The molecule has 0 saturated carbocycles. The van der Waals surface area contributed by atoms with Gasteiger partial charge < -0.3 is 19.6 Å². The monoisotopic (exact) mass is 261 g/mol. The van der Waals surface area contributed by atoms with Crippen molar-refractivity contribution in [1.82, 2.24) is 3.53 Å². The second kappa shape index (κ2) is 5.03. The Labute approximate surface area is 69.9 Å². The Morgan fingerprint density at radius 1 is 1.78 bits per heavy atom. The molecule has 0 aliphatic rings. The van der Waals surface area contributed by atoms with Crippen molar-refractivity contribution in [2.45, 2.75) is 0 Å². The third kappa shape index (κ3) is 3.73. The van der Waals surface area contributed by atoms with E-state index < -0.39 is 10.8 Å². The van der Waals surface area contributed by atoms with Gasteiger partial charge in [0.25, 0.3) is 0 Å². The maximum absolute atomic E-state index is 8.87. The van der Waals surface area contributed by atoms with Crippen molar-refractivity contribution in [3.63, 3.8) is 0 Å². The normalized spacial score (nSPS) is 15.7. The molecule has 0 aliphatic heterocycles. The van der Waals surface area contributed by atoms with Crippen LogP contribution in [0.4, 0.5) is 0 Å². The van der Waals surface area contributed by atoms with E-state index in [1.54, 1.807) is 0 Å². The predicted octanol–water partition coefficient (Wildman–Crippen LogP) is 0.144. The molecule has 4 nitrogen and oxygen atoms in total. The number of rotatable bonds is 2. The van der Waals surface area contributed by atoms with Gasteiger partial charge in [-0.1, -0.05) is 0 Å². The average molecular weight is 261 g/mol. The maximum Gasteiger partial charge on any atom is 0.103 e. The molecule has 0 aliphatic carbocycles. The summed E-state index contributed by atoms with van der Waals surface area (Å²) >= 11 is 1.88. The third-order valence-electron chi connectivity index (χ3n) is 0.567. The number of nitrogens with two attached hydrogens (primary N) is 2. The van der Waals surface area contributed by atoms with E-state index in [0.717, 1.165) is 5.49 Å². The zero-order valence-electron chi connectivity index (χ0n) is 4.54. The van der Waals surface area contributed by atoms with Crippen LogP contribution in [0.25, 0.3) is 0 Å². The molecular weight excluding hydrogens is 253 g/mol. The van der Waals surface area contributed by atoms with Crippen LogP contribution in [0.3, 0.4) is 0 Å². The van der Waals surface area contributed by atoms with Crippen molar-refractivity contribution in [2.75, 3.05) is 0 Å². The van der Waals surface area contributed by atoms with Crippen LogP contribution in [0.2, 0.25) is 0 Å². The molecule has 1 unspecified atom stereocenters. The van der Waals surface area contributed by atoms with Crippen LogP contribution in [0.1, 0.15) is 0 Å². The zero-order chi connectivity index (χ0) is 7.28. The van der Waals surface area contributed by atoms with E-state index in [2.05, 4.69) is 3.53 Å². The first-order valence-corrected chi connectivity index (χ1v) is 4.33. The molecule has 0 bridgehead atoms. The number of hydrogen-bond donors (Lipinski definition) is 4. The molecule has 0 aromatic carbocycles. The van der Waals surface area contributed by atoms with Crippen LogP contribution in [-0.4, -0.2) is 10.0 Å². The highest BCUT2D eigenvalue weighted by atomic mass is 127. The number of hydrogen-bond acceptors (Lipinski definition) is 3. The van der Waals surface area contributed by atoms with Gasteiger partial charge in [0.2, 0.25) is 0 Å². The summed E-state index contributed by atoms with van der Waals surface area (Å²) in [5.74, 6) is 0. The first-order chi connectivity index (χ1) is 4.22. The molecule has 0 amide bonds. The highest BCUT2D eigenvalue weighted by Gasteiger charge is 1.88. The minimum Gasteiger partial charge on any atom is -0.391 e. The summed E-state index contributed by atoms with van der Waals surface area (Å²) in [4.78, 5) is 0. The summed E-state index contributed by atoms with van der Waals surface area (Å²) < 4.78 is 11.5. The minimum absolute atomic E-state index is 0.326. The van der Waals surface area contributed by atoms with E-state index in [4.69, 9.17) is 16.0 Å². The summed E-state index contributed by atoms with van der Waals surface area (Å²) in [6.45, 7) is 0. The SMILES string of the molecule is N/C=S(O)/C(N)=C/NI. The van der Waals surface area contributed by atoms with Gasteiger partial charge in [-0.2, -0.15) is 0 Å². The molecule has 0 saturated heterocycles. The highest BCUT2D eigenvalue weighted by Crippen LogP contribution is 2.10. The molecule has 0 aromatic rings. The van der Waals surface area contributed by atoms with Gasteiger partial charge >= 0.3 is 0 Å². The van der Waals surface area contributed by atoms with Gasteiger partial charge in [-0.3, -0.25) is 0 Å². The highest BCUT2D eigenvalue weighted by molar-refractivity contribution is 14.1. The molecular formula is C3H8IN3OS. The largest absolute Gasteiger partial charge is 0.391 e. The van der Waals surface area contributed by atoms with Crippen molar-refractivity contribution < 1.29 is 4.55 Å². The van der Waals surface area contributed by atoms with Crippen molar-refractivity contribution >= 4 is 39.1 Å².